The topological polar surface area (TPSA) is 32.3 Å². The molecule has 0 fully saturated rings. The van der Waals surface area contributed by atoms with Gasteiger partial charge in [-0.3, -0.25) is 0 Å². The minimum absolute atomic E-state index is 0.0169. The molecule has 3 heteroatoms. The van der Waals surface area contributed by atoms with E-state index in [4.69, 9.17) is 0 Å². The predicted octanol–water partition coefficient (Wildman–Crippen LogP) is 3.51. The van der Waals surface area contributed by atoms with E-state index in [9.17, 15) is 5.11 Å². The van der Waals surface area contributed by atoms with E-state index in [-0.39, 0.29) is 12.6 Å². The quantitative estimate of drug-likeness (QED) is 0.866. The number of nitrogens with one attached hydrogen (secondary N) is 1. The van der Waals surface area contributed by atoms with Gasteiger partial charge < -0.3 is 10.4 Å². The molecule has 17 heavy (non-hydrogen) atoms. The third-order valence-electron chi connectivity index (χ3n) is 2.76. The Bertz CT molecular complexity index is 492. The molecule has 2 rings (SSSR count). The first-order valence-electron chi connectivity index (χ1n) is 5.69. The van der Waals surface area contributed by atoms with Gasteiger partial charge in [0.2, 0.25) is 0 Å². The van der Waals surface area contributed by atoms with E-state index in [2.05, 4.69) is 42.7 Å². The number of aliphatic hydroxyl groups is 1. The molecular formula is C14H17NOS. The number of anilines is 1. The predicted molar refractivity (Wildman–Crippen MR) is 73.7 cm³/mol. The fourth-order valence-corrected chi connectivity index (χ4v) is 2.84. The van der Waals surface area contributed by atoms with Gasteiger partial charge in [-0.2, -0.15) is 0 Å². The summed E-state index contributed by atoms with van der Waals surface area (Å²) >= 11 is 1.68. The van der Waals surface area contributed by atoms with Crippen molar-refractivity contribution in [3.05, 3.63) is 51.7 Å². The van der Waals surface area contributed by atoms with Crippen LogP contribution in [0.15, 0.2) is 35.7 Å². The third kappa shape index (κ3) is 2.87. The normalized spacial score (nSPS) is 12.4. The average Bonchev–Trinajstić information content (AvgIpc) is 2.72. The van der Waals surface area contributed by atoms with Crippen LogP contribution in [-0.4, -0.2) is 11.7 Å². The largest absolute Gasteiger partial charge is 0.394 e. The van der Waals surface area contributed by atoms with Crippen molar-refractivity contribution >= 4 is 17.0 Å². The molecule has 1 heterocycles. The number of aryl methyl sites for hydroxylation is 2. The summed E-state index contributed by atoms with van der Waals surface area (Å²) in [5, 5.41) is 14.9. The van der Waals surface area contributed by atoms with Crippen LogP contribution in [0.4, 0.5) is 5.69 Å². The summed E-state index contributed by atoms with van der Waals surface area (Å²) in [6.45, 7) is 4.25. The third-order valence-corrected chi connectivity index (χ3v) is 3.89. The van der Waals surface area contributed by atoms with Crippen LogP contribution in [0, 0.1) is 13.8 Å². The Morgan fingerprint density at radius 2 is 2.12 bits per heavy atom. The zero-order valence-electron chi connectivity index (χ0n) is 10.1. The standard InChI is InChI=1S/C14H17NOS/c1-10-4-3-5-12(8-10)15-13(9-16)14-11(2)6-7-17-14/h3-8,13,15-16H,9H2,1-2H3. The SMILES string of the molecule is Cc1cccc(NC(CO)c2sccc2C)c1. The van der Waals surface area contributed by atoms with E-state index in [1.165, 1.54) is 16.0 Å². The molecule has 0 saturated carbocycles. The number of benzene rings is 1. The summed E-state index contributed by atoms with van der Waals surface area (Å²) in [6.07, 6.45) is 0. The molecule has 1 aromatic carbocycles. The van der Waals surface area contributed by atoms with E-state index < -0.39 is 0 Å². The monoisotopic (exact) mass is 247 g/mol. The molecule has 1 aromatic heterocycles. The zero-order chi connectivity index (χ0) is 12.3. The molecule has 0 radical (unpaired) electrons. The Hall–Kier alpha value is -1.32. The zero-order valence-corrected chi connectivity index (χ0v) is 10.9. The van der Waals surface area contributed by atoms with Crippen LogP contribution in [0.2, 0.25) is 0 Å². The first-order valence-corrected chi connectivity index (χ1v) is 6.56. The van der Waals surface area contributed by atoms with Crippen LogP contribution in [0.3, 0.4) is 0 Å². The molecule has 0 saturated heterocycles. The van der Waals surface area contributed by atoms with Gasteiger partial charge in [0, 0.05) is 10.6 Å². The van der Waals surface area contributed by atoms with E-state index in [0.717, 1.165) is 5.69 Å². The second-order valence-electron chi connectivity index (χ2n) is 4.22. The lowest BCUT2D eigenvalue weighted by atomic mass is 10.1. The Morgan fingerprint density at radius 3 is 2.71 bits per heavy atom. The van der Waals surface area contributed by atoms with Crippen LogP contribution in [-0.2, 0) is 0 Å². The molecule has 90 valence electrons. The van der Waals surface area contributed by atoms with Crippen molar-refractivity contribution < 1.29 is 5.11 Å². The first-order chi connectivity index (χ1) is 8.20. The van der Waals surface area contributed by atoms with Gasteiger partial charge in [-0.05, 0) is 48.6 Å². The molecule has 0 amide bonds. The lowest BCUT2D eigenvalue weighted by Crippen LogP contribution is -2.14. The van der Waals surface area contributed by atoms with Crippen LogP contribution >= 0.6 is 11.3 Å². The Kier molecular flexibility index (Phi) is 3.82. The van der Waals surface area contributed by atoms with Gasteiger partial charge in [0.15, 0.2) is 0 Å². The highest BCUT2D eigenvalue weighted by molar-refractivity contribution is 7.10. The lowest BCUT2D eigenvalue weighted by molar-refractivity contribution is 0.277. The molecule has 0 spiro atoms. The smallest absolute Gasteiger partial charge is 0.0840 e. The number of hydrogen-bond donors (Lipinski definition) is 2. The summed E-state index contributed by atoms with van der Waals surface area (Å²) in [7, 11) is 0. The van der Waals surface area contributed by atoms with Gasteiger partial charge in [0.05, 0.1) is 12.6 Å². The van der Waals surface area contributed by atoms with E-state index in [1.807, 2.05) is 12.1 Å². The van der Waals surface area contributed by atoms with Crippen molar-refractivity contribution in [2.75, 3.05) is 11.9 Å². The van der Waals surface area contributed by atoms with Gasteiger partial charge in [-0.15, -0.1) is 11.3 Å². The maximum atomic E-state index is 9.50. The highest BCUT2D eigenvalue weighted by Crippen LogP contribution is 2.27. The fraction of sp³-hybridized carbons (Fsp3) is 0.286. The maximum absolute atomic E-state index is 9.50. The molecule has 1 atom stereocenters. The van der Waals surface area contributed by atoms with E-state index in [0.29, 0.717) is 0 Å². The highest BCUT2D eigenvalue weighted by atomic mass is 32.1. The lowest BCUT2D eigenvalue weighted by Gasteiger charge is -2.17. The number of aliphatic hydroxyl groups excluding tert-OH is 1. The Labute approximate surface area is 106 Å². The van der Waals surface area contributed by atoms with Crippen molar-refractivity contribution in [1.82, 2.24) is 0 Å². The summed E-state index contributed by atoms with van der Waals surface area (Å²) in [5.74, 6) is 0. The molecule has 0 aliphatic heterocycles. The number of thiophene rings is 1. The number of hydrogen-bond acceptors (Lipinski definition) is 3. The molecule has 2 nitrogen and oxygen atoms in total. The van der Waals surface area contributed by atoms with Gasteiger partial charge in [-0.25, -0.2) is 0 Å². The van der Waals surface area contributed by atoms with Crippen molar-refractivity contribution in [3.63, 3.8) is 0 Å². The van der Waals surface area contributed by atoms with Crippen LogP contribution in [0.25, 0.3) is 0 Å². The molecule has 0 aliphatic rings. The van der Waals surface area contributed by atoms with Crippen molar-refractivity contribution in [3.8, 4) is 0 Å². The minimum Gasteiger partial charge on any atom is -0.394 e. The minimum atomic E-state index is -0.0169. The van der Waals surface area contributed by atoms with Gasteiger partial charge in [0.25, 0.3) is 0 Å². The summed E-state index contributed by atoms with van der Waals surface area (Å²) in [6, 6.07) is 10.3. The molecule has 2 N–H and O–H groups in total. The van der Waals surface area contributed by atoms with Gasteiger partial charge in [-0.1, -0.05) is 12.1 Å². The summed E-state index contributed by atoms with van der Waals surface area (Å²) in [4.78, 5) is 1.20. The fourth-order valence-electron chi connectivity index (χ4n) is 1.87. The Morgan fingerprint density at radius 1 is 1.29 bits per heavy atom. The molecular weight excluding hydrogens is 230 g/mol. The van der Waals surface area contributed by atoms with E-state index >= 15 is 0 Å². The van der Waals surface area contributed by atoms with Gasteiger partial charge >= 0.3 is 0 Å². The molecule has 0 bridgehead atoms. The summed E-state index contributed by atoms with van der Waals surface area (Å²) < 4.78 is 0. The maximum Gasteiger partial charge on any atom is 0.0840 e. The average molecular weight is 247 g/mol. The van der Waals surface area contributed by atoms with Gasteiger partial charge in [0.1, 0.15) is 0 Å². The van der Waals surface area contributed by atoms with Crippen molar-refractivity contribution in [2.24, 2.45) is 0 Å². The van der Waals surface area contributed by atoms with Crippen molar-refractivity contribution in [2.45, 2.75) is 19.9 Å². The van der Waals surface area contributed by atoms with Crippen LogP contribution in [0.1, 0.15) is 22.0 Å². The van der Waals surface area contributed by atoms with E-state index in [1.54, 1.807) is 11.3 Å². The van der Waals surface area contributed by atoms with Crippen LogP contribution < -0.4 is 5.32 Å². The second kappa shape index (κ2) is 5.34. The second-order valence-corrected chi connectivity index (χ2v) is 5.16. The number of rotatable bonds is 4. The molecule has 2 aromatic rings. The Balaban J connectivity index is 2.19. The summed E-state index contributed by atoms with van der Waals surface area (Å²) in [5.41, 5.74) is 3.50. The highest BCUT2D eigenvalue weighted by Gasteiger charge is 2.13. The first kappa shape index (κ1) is 12.1. The molecule has 1 unspecified atom stereocenters. The van der Waals surface area contributed by atoms with Crippen LogP contribution in [0.5, 0.6) is 0 Å². The molecule has 0 aliphatic carbocycles. The van der Waals surface area contributed by atoms with Crippen molar-refractivity contribution in [1.29, 1.82) is 0 Å².